The van der Waals surface area contributed by atoms with E-state index in [1.54, 1.807) is 0 Å². The van der Waals surface area contributed by atoms with E-state index in [1.165, 1.54) is 6.42 Å². The van der Waals surface area contributed by atoms with Crippen molar-refractivity contribution in [1.29, 1.82) is 0 Å². The lowest BCUT2D eigenvalue weighted by Gasteiger charge is -2.22. The number of aromatic nitrogens is 5. The summed E-state index contributed by atoms with van der Waals surface area (Å²) in [6.45, 7) is 2.04. The zero-order valence-corrected chi connectivity index (χ0v) is 10.6. The van der Waals surface area contributed by atoms with Gasteiger partial charge < -0.3 is 9.84 Å². The molecule has 7 nitrogen and oxygen atoms in total. The van der Waals surface area contributed by atoms with Gasteiger partial charge in [0.05, 0.1) is 12.2 Å². The molecule has 1 aliphatic heterocycles. The van der Waals surface area contributed by atoms with Crippen LogP contribution in [0.25, 0.3) is 11.5 Å². The summed E-state index contributed by atoms with van der Waals surface area (Å²) in [5.74, 6) is 1.76. The average molecular weight is 260 g/mol. The average Bonchev–Trinajstić information content (AvgIpc) is 3.01. The first-order chi connectivity index (χ1) is 9.40. The highest BCUT2D eigenvalue weighted by molar-refractivity contribution is 5.45. The lowest BCUT2D eigenvalue weighted by atomic mass is 10.1. The van der Waals surface area contributed by atoms with Crippen LogP contribution in [0, 0.1) is 0 Å². The van der Waals surface area contributed by atoms with Crippen molar-refractivity contribution in [2.45, 2.75) is 37.6 Å². The first-order valence-electron chi connectivity index (χ1n) is 6.86. The van der Waals surface area contributed by atoms with Crippen LogP contribution in [0.3, 0.4) is 0 Å². The normalized spacial score (nSPS) is 23.7. The van der Waals surface area contributed by atoms with E-state index in [0.29, 0.717) is 23.5 Å². The molecule has 2 aromatic rings. The van der Waals surface area contributed by atoms with E-state index in [-0.39, 0.29) is 0 Å². The van der Waals surface area contributed by atoms with Crippen LogP contribution in [0.1, 0.15) is 43.5 Å². The largest absolute Gasteiger partial charge is 0.339 e. The Balaban J connectivity index is 1.55. The molecular weight excluding hydrogens is 244 g/mol. The molecule has 1 saturated carbocycles. The second kappa shape index (κ2) is 4.41. The standard InChI is InChI=1S/C12H16N6O/c1-2-9(6-13-5-1)18-7-10(15-17-18)11-14-12(19-16-11)8-3-4-8/h7-9,13H,1-6H2/t9-/m1/s1. The third-order valence-electron chi connectivity index (χ3n) is 3.75. The maximum absolute atomic E-state index is 5.25. The minimum Gasteiger partial charge on any atom is -0.339 e. The summed E-state index contributed by atoms with van der Waals surface area (Å²) in [6, 6.07) is 0.379. The highest BCUT2D eigenvalue weighted by Crippen LogP contribution is 2.39. The SMILES string of the molecule is c1c(-c2noc(C3CC3)n2)nnn1[C@@H]1CCCNC1. The van der Waals surface area contributed by atoms with E-state index < -0.39 is 0 Å². The highest BCUT2D eigenvalue weighted by atomic mass is 16.5. The predicted octanol–water partition coefficient (Wildman–Crippen LogP) is 1.13. The van der Waals surface area contributed by atoms with Crippen molar-refractivity contribution in [2.75, 3.05) is 13.1 Å². The number of piperidine rings is 1. The topological polar surface area (TPSA) is 81.7 Å². The summed E-state index contributed by atoms with van der Waals surface area (Å²) in [5, 5.41) is 15.7. The summed E-state index contributed by atoms with van der Waals surface area (Å²) in [7, 11) is 0. The van der Waals surface area contributed by atoms with Crippen molar-refractivity contribution in [1.82, 2.24) is 30.5 Å². The molecule has 3 heterocycles. The van der Waals surface area contributed by atoms with E-state index in [1.807, 2.05) is 10.9 Å². The molecule has 100 valence electrons. The molecular formula is C12H16N6O. The Morgan fingerprint density at radius 3 is 3.05 bits per heavy atom. The molecule has 1 aliphatic carbocycles. The number of hydrogen-bond donors (Lipinski definition) is 1. The third kappa shape index (κ3) is 2.14. The Morgan fingerprint density at radius 2 is 2.26 bits per heavy atom. The smallest absolute Gasteiger partial charge is 0.230 e. The number of nitrogens with one attached hydrogen (secondary N) is 1. The fourth-order valence-corrected chi connectivity index (χ4v) is 2.45. The molecule has 19 heavy (non-hydrogen) atoms. The van der Waals surface area contributed by atoms with Gasteiger partial charge in [-0.25, -0.2) is 4.68 Å². The van der Waals surface area contributed by atoms with Gasteiger partial charge in [0.25, 0.3) is 0 Å². The quantitative estimate of drug-likeness (QED) is 0.891. The van der Waals surface area contributed by atoms with E-state index >= 15 is 0 Å². The fourth-order valence-electron chi connectivity index (χ4n) is 2.45. The fraction of sp³-hybridized carbons (Fsp3) is 0.667. The van der Waals surface area contributed by atoms with Crippen molar-refractivity contribution in [3.63, 3.8) is 0 Å². The molecule has 1 atom stereocenters. The van der Waals surface area contributed by atoms with Crippen LogP contribution in [-0.4, -0.2) is 38.2 Å². The summed E-state index contributed by atoms with van der Waals surface area (Å²) in [4.78, 5) is 4.39. The molecule has 2 aliphatic rings. The molecule has 0 radical (unpaired) electrons. The molecule has 0 spiro atoms. The van der Waals surface area contributed by atoms with Gasteiger partial charge in [-0.3, -0.25) is 0 Å². The van der Waals surface area contributed by atoms with Crippen LogP contribution in [0.2, 0.25) is 0 Å². The van der Waals surface area contributed by atoms with E-state index in [4.69, 9.17) is 4.52 Å². The van der Waals surface area contributed by atoms with E-state index in [2.05, 4.69) is 25.8 Å². The van der Waals surface area contributed by atoms with Crippen molar-refractivity contribution in [2.24, 2.45) is 0 Å². The molecule has 2 aromatic heterocycles. The monoisotopic (exact) mass is 260 g/mol. The molecule has 0 bridgehead atoms. The zero-order chi connectivity index (χ0) is 12.7. The van der Waals surface area contributed by atoms with Crippen molar-refractivity contribution in [3.8, 4) is 11.5 Å². The van der Waals surface area contributed by atoms with Gasteiger partial charge in [0.2, 0.25) is 11.7 Å². The Labute approximate surface area is 110 Å². The first kappa shape index (κ1) is 11.1. The molecule has 2 fully saturated rings. The molecule has 1 saturated heterocycles. The molecule has 0 aromatic carbocycles. The van der Waals surface area contributed by atoms with Crippen LogP contribution < -0.4 is 5.32 Å². The Hall–Kier alpha value is -1.76. The first-order valence-corrected chi connectivity index (χ1v) is 6.86. The van der Waals surface area contributed by atoms with Gasteiger partial charge in [-0.2, -0.15) is 4.98 Å². The maximum Gasteiger partial charge on any atom is 0.230 e. The second-order valence-corrected chi connectivity index (χ2v) is 5.31. The summed E-state index contributed by atoms with van der Waals surface area (Å²) < 4.78 is 7.16. The number of hydrogen-bond acceptors (Lipinski definition) is 6. The van der Waals surface area contributed by atoms with Gasteiger partial charge in [-0.1, -0.05) is 10.4 Å². The van der Waals surface area contributed by atoms with Gasteiger partial charge >= 0.3 is 0 Å². The van der Waals surface area contributed by atoms with Gasteiger partial charge in [-0.05, 0) is 32.2 Å². The Kier molecular flexibility index (Phi) is 2.58. The minimum absolute atomic E-state index is 0.379. The second-order valence-electron chi connectivity index (χ2n) is 5.31. The Morgan fingerprint density at radius 1 is 1.32 bits per heavy atom. The van der Waals surface area contributed by atoms with Gasteiger partial charge in [0, 0.05) is 12.5 Å². The number of rotatable bonds is 3. The minimum atomic E-state index is 0.379. The van der Waals surface area contributed by atoms with Crippen LogP contribution in [0.4, 0.5) is 0 Å². The van der Waals surface area contributed by atoms with Crippen LogP contribution in [0.15, 0.2) is 10.7 Å². The van der Waals surface area contributed by atoms with Gasteiger partial charge in [0.15, 0.2) is 5.69 Å². The van der Waals surface area contributed by atoms with Crippen LogP contribution in [0.5, 0.6) is 0 Å². The third-order valence-corrected chi connectivity index (χ3v) is 3.75. The molecule has 0 amide bonds. The molecule has 1 N–H and O–H groups in total. The van der Waals surface area contributed by atoms with Crippen molar-refractivity contribution in [3.05, 3.63) is 12.1 Å². The Bertz CT molecular complexity index is 566. The van der Waals surface area contributed by atoms with Gasteiger partial charge in [0.1, 0.15) is 0 Å². The lowest BCUT2D eigenvalue weighted by Crippen LogP contribution is -2.31. The highest BCUT2D eigenvalue weighted by Gasteiger charge is 2.30. The predicted molar refractivity (Wildman–Crippen MR) is 66.4 cm³/mol. The van der Waals surface area contributed by atoms with Crippen LogP contribution in [-0.2, 0) is 0 Å². The maximum atomic E-state index is 5.25. The zero-order valence-electron chi connectivity index (χ0n) is 10.6. The van der Waals surface area contributed by atoms with Crippen LogP contribution >= 0.6 is 0 Å². The summed E-state index contributed by atoms with van der Waals surface area (Å²) >= 11 is 0. The molecule has 7 heteroatoms. The number of nitrogens with zero attached hydrogens (tertiary/aromatic N) is 5. The van der Waals surface area contributed by atoms with E-state index in [0.717, 1.165) is 38.2 Å². The molecule has 4 rings (SSSR count). The van der Waals surface area contributed by atoms with Crippen molar-refractivity contribution >= 4 is 0 Å². The van der Waals surface area contributed by atoms with Crippen molar-refractivity contribution < 1.29 is 4.52 Å². The summed E-state index contributed by atoms with van der Waals surface area (Å²) in [6.07, 6.45) is 6.53. The molecule has 0 unspecified atom stereocenters. The lowest BCUT2D eigenvalue weighted by molar-refractivity contribution is 0.341. The summed E-state index contributed by atoms with van der Waals surface area (Å²) in [5.41, 5.74) is 0.696. The van der Waals surface area contributed by atoms with Gasteiger partial charge in [-0.15, -0.1) is 5.10 Å². The van der Waals surface area contributed by atoms with E-state index in [9.17, 15) is 0 Å².